The lowest BCUT2D eigenvalue weighted by Crippen LogP contribution is -2.40. The molecular formula is C19H23N3O3. The van der Waals surface area contributed by atoms with Gasteiger partial charge in [-0.25, -0.2) is 4.98 Å². The van der Waals surface area contributed by atoms with Crippen LogP contribution in [0.5, 0.6) is 5.88 Å². The number of rotatable bonds is 6. The van der Waals surface area contributed by atoms with Gasteiger partial charge in [-0.3, -0.25) is 9.59 Å². The van der Waals surface area contributed by atoms with Crippen LogP contribution in [0.3, 0.4) is 0 Å². The molecule has 0 bridgehead atoms. The summed E-state index contributed by atoms with van der Waals surface area (Å²) in [5.74, 6) is 0.839. The molecule has 25 heavy (non-hydrogen) atoms. The van der Waals surface area contributed by atoms with Gasteiger partial charge in [-0.15, -0.1) is 0 Å². The molecule has 3 rings (SSSR count). The van der Waals surface area contributed by atoms with Gasteiger partial charge in [0.1, 0.15) is 5.56 Å². The Hall–Kier alpha value is -2.63. The average Bonchev–Trinajstić information content (AvgIpc) is 3.47. The van der Waals surface area contributed by atoms with Gasteiger partial charge in [-0.05, 0) is 49.4 Å². The molecule has 1 saturated carbocycles. The van der Waals surface area contributed by atoms with Gasteiger partial charge in [-0.2, -0.15) is 0 Å². The van der Waals surface area contributed by atoms with Crippen molar-refractivity contribution in [1.29, 1.82) is 0 Å². The highest BCUT2D eigenvalue weighted by atomic mass is 16.5. The monoisotopic (exact) mass is 341 g/mol. The predicted molar refractivity (Wildman–Crippen MR) is 94.9 cm³/mol. The van der Waals surface area contributed by atoms with E-state index in [0.717, 1.165) is 18.4 Å². The molecule has 2 aromatic rings. The smallest absolute Gasteiger partial charge is 0.263 e. The Morgan fingerprint density at radius 2 is 2.20 bits per heavy atom. The molecule has 2 heterocycles. The lowest BCUT2D eigenvalue weighted by atomic mass is 10.1. The molecular weight excluding hydrogens is 318 g/mol. The zero-order chi connectivity index (χ0) is 18.0. The lowest BCUT2D eigenvalue weighted by Gasteiger charge is -2.24. The minimum absolute atomic E-state index is 0.157. The summed E-state index contributed by atoms with van der Waals surface area (Å²) in [5.41, 5.74) is 0.815. The highest BCUT2D eigenvalue weighted by Gasteiger charge is 2.33. The van der Waals surface area contributed by atoms with Gasteiger partial charge < -0.3 is 14.2 Å². The van der Waals surface area contributed by atoms with Gasteiger partial charge in [0.25, 0.3) is 11.5 Å². The molecule has 1 unspecified atom stereocenters. The van der Waals surface area contributed by atoms with E-state index in [1.807, 2.05) is 13.0 Å². The first kappa shape index (κ1) is 17.2. The lowest BCUT2D eigenvalue weighted by molar-refractivity contribution is 0.0725. The molecule has 0 spiro atoms. The van der Waals surface area contributed by atoms with E-state index in [-0.39, 0.29) is 23.1 Å². The van der Waals surface area contributed by atoms with Gasteiger partial charge in [0, 0.05) is 31.5 Å². The number of amides is 1. The largest absolute Gasteiger partial charge is 0.481 e. The molecule has 1 amide bonds. The van der Waals surface area contributed by atoms with Gasteiger partial charge >= 0.3 is 0 Å². The number of pyridine rings is 2. The molecule has 1 atom stereocenters. The quantitative estimate of drug-likeness (QED) is 0.808. The highest BCUT2D eigenvalue weighted by Crippen LogP contribution is 2.34. The number of methoxy groups -OCH3 is 1. The van der Waals surface area contributed by atoms with Crippen molar-refractivity contribution in [1.82, 2.24) is 14.5 Å². The second-order valence-electron chi connectivity index (χ2n) is 6.56. The third-order valence-corrected chi connectivity index (χ3v) is 4.85. The molecule has 0 N–H and O–H groups in total. The summed E-state index contributed by atoms with van der Waals surface area (Å²) < 4.78 is 6.65. The summed E-state index contributed by atoms with van der Waals surface area (Å²) in [6, 6.07) is 7.10. The van der Waals surface area contributed by atoms with E-state index in [1.54, 1.807) is 49.7 Å². The Labute approximate surface area is 147 Å². The summed E-state index contributed by atoms with van der Waals surface area (Å²) in [5, 5.41) is 0. The summed E-state index contributed by atoms with van der Waals surface area (Å²) in [6.45, 7) is 2.40. The third-order valence-electron chi connectivity index (χ3n) is 4.85. The minimum atomic E-state index is -0.280. The van der Waals surface area contributed by atoms with Gasteiger partial charge in [0.05, 0.1) is 13.7 Å². The second-order valence-corrected chi connectivity index (χ2v) is 6.56. The van der Waals surface area contributed by atoms with E-state index < -0.39 is 0 Å². The maximum absolute atomic E-state index is 12.8. The van der Waals surface area contributed by atoms with Gasteiger partial charge in [0.15, 0.2) is 0 Å². The maximum Gasteiger partial charge on any atom is 0.263 e. The van der Waals surface area contributed by atoms with Gasteiger partial charge in [-0.1, -0.05) is 0 Å². The fourth-order valence-electron chi connectivity index (χ4n) is 2.95. The molecule has 1 aliphatic carbocycles. The first-order valence-corrected chi connectivity index (χ1v) is 8.46. The number of carbonyl (C=O) groups is 1. The number of hydrogen-bond acceptors (Lipinski definition) is 4. The van der Waals surface area contributed by atoms with Crippen molar-refractivity contribution in [3.63, 3.8) is 0 Å². The zero-order valence-electron chi connectivity index (χ0n) is 14.8. The first-order valence-electron chi connectivity index (χ1n) is 8.46. The van der Waals surface area contributed by atoms with Crippen LogP contribution in [0.2, 0.25) is 0 Å². The fraction of sp³-hybridized carbons (Fsp3) is 0.421. The van der Waals surface area contributed by atoms with Crippen LogP contribution in [0, 0.1) is 5.92 Å². The highest BCUT2D eigenvalue weighted by molar-refractivity contribution is 5.93. The SMILES string of the molecule is COc1cc(Cn2cccc(C(=O)N(C)C(C)C3CC3)c2=O)ccn1. The molecule has 1 fully saturated rings. The van der Waals surface area contributed by atoms with E-state index >= 15 is 0 Å². The van der Waals surface area contributed by atoms with Crippen molar-refractivity contribution in [2.45, 2.75) is 32.4 Å². The first-order chi connectivity index (χ1) is 12.0. The number of nitrogens with zero attached hydrogens (tertiary/aromatic N) is 3. The number of aromatic nitrogens is 2. The molecule has 132 valence electrons. The van der Waals surface area contributed by atoms with Crippen LogP contribution >= 0.6 is 0 Å². The third kappa shape index (κ3) is 3.73. The van der Waals surface area contributed by atoms with Crippen LogP contribution in [-0.2, 0) is 6.54 Å². The summed E-state index contributed by atoms with van der Waals surface area (Å²) in [7, 11) is 3.32. The van der Waals surface area contributed by atoms with Crippen molar-refractivity contribution in [2.75, 3.05) is 14.2 Å². The van der Waals surface area contributed by atoms with Crippen LogP contribution in [0.4, 0.5) is 0 Å². The van der Waals surface area contributed by atoms with Gasteiger partial charge in [0.2, 0.25) is 5.88 Å². The standard InChI is InChI=1S/C19H23N3O3/c1-13(15-6-7-15)21(2)18(23)16-5-4-10-22(19(16)24)12-14-8-9-20-17(11-14)25-3/h4-5,8-11,13,15H,6-7,12H2,1-3H3. The number of hydrogen-bond donors (Lipinski definition) is 0. The molecule has 6 nitrogen and oxygen atoms in total. The molecule has 0 aromatic carbocycles. The van der Waals surface area contributed by atoms with E-state index in [0.29, 0.717) is 18.3 Å². The molecule has 0 radical (unpaired) electrons. The Kier molecular flexibility index (Phi) is 4.88. The van der Waals surface area contributed by atoms with Crippen LogP contribution < -0.4 is 10.3 Å². The Balaban J connectivity index is 1.84. The van der Waals surface area contributed by atoms with Crippen molar-refractivity contribution >= 4 is 5.91 Å². The van der Waals surface area contributed by atoms with Crippen molar-refractivity contribution in [3.8, 4) is 5.88 Å². The van der Waals surface area contributed by atoms with E-state index in [1.165, 1.54) is 4.57 Å². The summed E-state index contributed by atoms with van der Waals surface area (Å²) >= 11 is 0. The average molecular weight is 341 g/mol. The molecule has 0 saturated heterocycles. The van der Waals surface area contributed by atoms with E-state index in [9.17, 15) is 9.59 Å². The molecule has 6 heteroatoms. The molecule has 1 aliphatic rings. The van der Waals surface area contributed by atoms with Crippen LogP contribution in [-0.4, -0.2) is 40.6 Å². The Morgan fingerprint density at radius 1 is 1.44 bits per heavy atom. The maximum atomic E-state index is 12.8. The van der Waals surface area contributed by atoms with Crippen molar-refractivity contribution in [2.24, 2.45) is 5.92 Å². The van der Waals surface area contributed by atoms with E-state index in [4.69, 9.17) is 4.74 Å². The fourth-order valence-corrected chi connectivity index (χ4v) is 2.95. The Bertz CT molecular complexity index is 827. The number of ether oxygens (including phenoxy) is 1. The predicted octanol–water partition coefficient (Wildman–Crippen LogP) is 2.17. The van der Waals surface area contributed by atoms with Crippen LogP contribution in [0.15, 0.2) is 41.5 Å². The molecule has 0 aliphatic heterocycles. The second kappa shape index (κ2) is 7.09. The molecule has 2 aromatic heterocycles. The zero-order valence-corrected chi connectivity index (χ0v) is 14.8. The summed E-state index contributed by atoms with van der Waals surface area (Å²) in [6.07, 6.45) is 5.64. The van der Waals surface area contributed by atoms with Crippen molar-refractivity contribution < 1.29 is 9.53 Å². The minimum Gasteiger partial charge on any atom is -0.481 e. The van der Waals surface area contributed by atoms with Crippen LogP contribution in [0.1, 0.15) is 35.7 Å². The van der Waals surface area contributed by atoms with E-state index in [2.05, 4.69) is 4.98 Å². The van der Waals surface area contributed by atoms with Crippen LogP contribution in [0.25, 0.3) is 0 Å². The normalized spacial score (nSPS) is 14.8. The Morgan fingerprint density at radius 3 is 2.88 bits per heavy atom. The van der Waals surface area contributed by atoms with Crippen molar-refractivity contribution in [3.05, 3.63) is 58.1 Å². The number of carbonyl (C=O) groups excluding carboxylic acids is 1. The summed E-state index contributed by atoms with van der Waals surface area (Å²) in [4.78, 5) is 31.2. The topological polar surface area (TPSA) is 64.4 Å².